The van der Waals surface area contributed by atoms with Crippen molar-refractivity contribution in [1.82, 2.24) is 4.90 Å². The Morgan fingerprint density at radius 1 is 1.26 bits per heavy atom. The molecule has 1 N–H and O–H groups in total. The number of likely N-dealkylation sites (N-methyl/N-ethyl adjacent to an activating group) is 1. The molecule has 0 spiro atoms. The van der Waals surface area contributed by atoms with Crippen LogP contribution in [0.5, 0.6) is 5.75 Å². The summed E-state index contributed by atoms with van der Waals surface area (Å²) in [5.74, 6) is -0.443. The lowest BCUT2D eigenvalue weighted by molar-refractivity contribution is -0.143. The average Bonchev–Trinajstić information content (AvgIpc) is 2.34. The number of hydrogen-bond donors (Lipinski definition) is 1. The summed E-state index contributed by atoms with van der Waals surface area (Å²) in [5.41, 5.74) is 2.88. The molecule has 1 aromatic rings. The zero-order valence-corrected chi connectivity index (χ0v) is 11.7. The second-order valence-corrected chi connectivity index (χ2v) is 4.50. The van der Waals surface area contributed by atoms with Gasteiger partial charge in [-0.25, -0.2) is 0 Å². The van der Waals surface area contributed by atoms with Gasteiger partial charge in [0.25, 0.3) is 0 Å². The van der Waals surface area contributed by atoms with E-state index in [-0.39, 0.29) is 18.9 Å². The van der Waals surface area contributed by atoms with E-state index in [4.69, 9.17) is 9.84 Å². The first-order valence-corrected chi connectivity index (χ1v) is 5.95. The number of nitrogens with zero attached hydrogens (tertiary/aromatic N) is 1. The highest BCUT2D eigenvalue weighted by molar-refractivity contribution is 5.83. The Bertz CT molecular complexity index is 496. The summed E-state index contributed by atoms with van der Waals surface area (Å²) in [4.78, 5) is 23.7. The summed E-state index contributed by atoms with van der Waals surface area (Å²) in [5, 5.41) is 8.66. The highest BCUT2D eigenvalue weighted by Crippen LogP contribution is 2.24. The zero-order valence-electron chi connectivity index (χ0n) is 11.7. The molecule has 0 radical (unpaired) electrons. The highest BCUT2D eigenvalue weighted by Gasteiger charge is 2.15. The molecule has 5 nitrogen and oxygen atoms in total. The van der Waals surface area contributed by atoms with E-state index in [1.165, 1.54) is 11.9 Å². The number of rotatable bonds is 5. The molecule has 1 rings (SSSR count). The second kappa shape index (κ2) is 6.22. The summed E-state index contributed by atoms with van der Waals surface area (Å²) >= 11 is 0. The van der Waals surface area contributed by atoms with Gasteiger partial charge in [0.05, 0.1) is 13.5 Å². The molecule has 104 valence electrons. The summed E-state index contributed by atoms with van der Waals surface area (Å²) in [6.07, 6.45) is 0.195. The minimum atomic E-state index is -1.02. The van der Waals surface area contributed by atoms with Gasteiger partial charge in [0.15, 0.2) is 0 Å². The normalized spacial score (nSPS) is 10.1. The fourth-order valence-corrected chi connectivity index (χ4v) is 1.85. The van der Waals surface area contributed by atoms with Crippen LogP contribution in [0.4, 0.5) is 0 Å². The summed E-state index contributed by atoms with van der Waals surface area (Å²) in [7, 11) is 3.09. The maximum Gasteiger partial charge on any atom is 0.323 e. The van der Waals surface area contributed by atoms with Crippen LogP contribution in [0.1, 0.15) is 16.7 Å². The van der Waals surface area contributed by atoms with Crippen LogP contribution in [0.15, 0.2) is 12.1 Å². The number of amides is 1. The van der Waals surface area contributed by atoms with Crippen molar-refractivity contribution < 1.29 is 19.4 Å². The van der Waals surface area contributed by atoms with E-state index < -0.39 is 5.97 Å². The minimum Gasteiger partial charge on any atom is -0.496 e. The standard InChI is InChI=1S/C14H19NO4/c1-9-10(2)12(19-4)6-5-11(9)7-13(16)15(3)8-14(17)18/h5-6H,7-8H2,1-4H3,(H,17,18). The van der Waals surface area contributed by atoms with Gasteiger partial charge >= 0.3 is 5.97 Å². The zero-order chi connectivity index (χ0) is 14.6. The number of hydrogen-bond acceptors (Lipinski definition) is 3. The number of methoxy groups -OCH3 is 1. The van der Waals surface area contributed by atoms with E-state index in [2.05, 4.69) is 0 Å². The van der Waals surface area contributed by atoms with Crippen LogP contribution in [0, 0.1) is 13.8 Å². The number of benzene rings is 1. The van der Waals surface area contributed by atoms with Crippen LogP contribution in [-0.2, 0) is 16.0 Å². The summed E-state index contributed by atoms with van der Waals surface area (Å²) in [6, 6.07) is 3.66. The first kappa shape index (κ1) is 15.0. The molecule has 0 bridgehead atoms. The second-order valence-electron chi connectivity index (χ2n) is 4.50. The fraction of sp³-hybridized carbons (Fsp3) is 0.429. The van der Waals surface area contributed by atoms with Gasteiger partial charge in [-0.3, -0.25) is 9.59 Å². The minimum absolute atomic E-state index is 0.195. The van der Waals surface area contributed by atoms with Crippen molar-refractivity contribution in [2.24, 2.45) is 0 Å². The van der Waals surface area contributed by atoms with Crippen LogP contribution < -0.4 is 4.74 Å². The molecule has 0 aromatic heterocycles. The number of aliphatic carboxylic acids is 1. The van der Waals surface area contributed by atoms with Gasteiger partial charge in [0.1, 0.15) is 12.3 Å². The molecule has 0 saturated heterocycles. The van der Waals surface area contributed by atoms with Gasteiger partial charge in [-0.15, -0.1) is 0 Å². The quantitative estimate of drug-likeness (QED) is 0.873. The van der Waals surface area contributed by atoms with Crippen molar-refractivity contribution in [3.63, 3.8) is 0 Å². The van der Waals surface area contributed by atoms with Gasteiger partial charge < -0.3 is 14.7 Å². The lowest BCUT2D eigenvalue weighted by Crippen LogP contribution is -2.33. The molecule has 0 unspecified atom stereocenters. The molecular formula is C14H19NO4. The molecule has 0 atom stereocenters. The molecule has 0 saturated carbocycles. The van der Waals surface area contributed by atoms with Crippen LogP contribution >= 0.6 is 0 Å². The number of carboxylic acids is 1. The van der Waals surface area contributed by atoms with Crippen LogP contribution in [-0.4, -0.2) is 42.6 Å². The summed E-state index contributed by atoms with van der Waals surface area (Å²) < 4.78 is 5.21. The average molecular weight is 265 g/mol. The Balaban J connectivity index is 2.86. The number of carbonyl (C=O) groups excluding carboxylic acids is 1. The largest absolute Gasteiger partial charge is 0.496 e. The van der Waals surface area contributed by atoms with Crippen molar-refractivity contribution in [3.05, 3.63) is 28.8 Å². The number of carbonyl (C=O) groups is 2. The molecular weight excluding hydrogens is 246 g/mol. The smallest absolute Gasteiger partial charge is 0.323 e. The van der Waals surface area contributed by atoms with Crippen molar-refractivity contribution in [1.29, 1.82) is 0 Å². The SMILES string of the molecule is COc1ccc(CC(=O)N(C)CC(=O)O)c(C)c1C. The van der Waals surface area contributed by atoms with Gasteiger partial charge in [-0.05, 0) is 36.6 Å². The van der Waals surface area contributed by atoms with E-state index in [0.29, 0.717) is 0 Å². The van der Waals surface area contributed by atoms with Crippen LogP contribution in [0.2, 0.25) is 0 Å². The third kappa shape index (κ3) is 3.71. The molecule has 1 amide bonds. The molecule has 1 aromatic carbocycles. The van der Waals surface area contributed by atoms with Crippen molar-refractivity contribution in [2.75, 3.05) is 20.7 Å². The Morgan fingerprint density at radius 3 is 2.42 bits per heavy atom. The maximum atomic E-state index is 11.9. The number of ether oxygens (including phenoxy) is 1. The molecule has 0 fully saturated rings. The highest BCUT2D eigenvalue weighted by atomic mass is 16.5. The van der Waals surface area contributed by atoms with Gasteiger partial charge in [-0.2, -0.15) is 0 Å². The van der Waals surface area contributed by atoms with Gasteiger partial charge in [0.2, 0.25) is 5.91 Å². The topological polar surface area (TPSA) is 66.8 Å². The predicted octanol–water partition coefficient (Wildman–Crippen LogP) is 1.40. The van der Waals surface area contributed by atoms with Crippen molar-refractivity contribution in [3.8, 4) is 5.75 Å². The Morgan fingerprint density at radius 2 is 1.89 bits per heavy atom. The Kier molecular flexibility index (Phi) is 4.92. The Labute approximate surface area is 112 Å². The Hall–Kier alpha value is -2.04. The lowest BCUT2D eigenvalue weighted by Gasteiger charge is -2.17. The van der Waals surface area contributed by atoms with Crippen LogP contribution in [0.3, 0.4) is 0 Å². The third-order valence-corrected chi connectivity index (χ3v) is 3.21. The first-order chi connectivity index (χ1) is 8.86. The molecule has 0 aliphatic rings. The molecule has 19 heavy (non-hydrogen) atoms. The first-order valence-electron chi connectivity index (χ1n) is 5.95. The number of carboxylic acid groups (broad SMARTS) is 1. The lowest BCUT2D eigenvalue weighted by atomic mass is 9.99. The summed E-state index contributed by atoms with van der Waals surface area (Å²) in [6.45, 7) is 3.58. The van der Waals surface area contributed by atoms with E-state index in [9.17, 15) is 9.59 Å². The van der Waals surface area contributed by atoms with E-state index in [1.807, 2.05) is 26.0 Å². The monoisotopic (exact) mass is 265 g/mol. The fourth-order valence-electron chi connectivity index (χ4n) is 1.85. The van der Waals surface area contributed by atoms with E-state index in [1.54, 1.807) is 7.11 Å². The van der Waals surface area contributed by atoms with Crippen molar-refractivity contribution >= 4 is 11.9 Å². The van der Waals surface area contributed by atoms with Gasteiger partial charge in [0, 0.05) is 7.05 Å². The molecule has 0 heterocycles. The molecule has 0 aliphatic heterocycles. The van der Waals surface area contributed by atoms with Crippen LogP contribution in [0.25, 0.3) is 0 Å². The maximum absolute atomic E-state index is 11.9. The third-order valence-electron chi connectivity index (χ3n) is 3.21. The van der Waals surface area contributed by atoms with E-state index >= 15 is 0 Å². The molecule has 5 heteroatoms. The van der Waals surface area contributed by atoms with E-state index in [0.717, 1.165) is 22.4 Å². The van der Waals surface area contributed by atoms with Crippen molar-refractivity contribution in [2.45, 2.75) is 20.3 Å². The molecule has 0 aliphatic carbocycles. The predicted molar refractivity (Wildman–Crippen MR) is 71.4 cm³/mol. The van der Waals surface area contributed by atoms with Gasteiger partial charge in [-0.1, -0.05) is 6.07 Å².